The lowest BCUT2D eigenvalue weighted by atomic mass is 9.96. The Balaban J connectivity index is 2.15. The minimum Gasteiger partial charge on any atom is -0.507 e. The molecule has 7 heteroatoms. The summed E-state index contributed by atoms with van der Waals surface area (Å²) in [6.07, 6.45) is 4.82. The number of halogens is 1. The molecular formula is C21H21ClN2O4. The topological polar surface area (TPSA) is 79.7 Å². The van der Waals surface area contributed by atoms with Crippen molar-refractivity contribution in [2.24, 2.45) is 0 Å². The fourth-order valence-electron chi connectivity index (χ4n) is 3.30. The lowest BCUT2D eigenvalue weighted by molar-refractivity contribution is -0.139. The standard InChI is InChI=1S/C21H21ClN2O4/c1-3-4-11-24-18(13-7-9-23-10-8-13)17(20(26)21(24)27)19(25)14-5-6-16(28-2)15(22)12-14/h5-10,12,18,25H,3-4,11H2,1-2H3/b19-17-. The zero-order chi connectivity index (χ0) is 20.3. The largest absolute Gasteiger partial charge is 0.507 e. The molecule has 1 aromatic heterocycles. The van der Waals surface area contributed by atoms with Crippen molar-refractivity contribution in [3.8, 4) is 5.75 Å². The highest BCUT2D eigenvalue weighted by atomic mass is 35.5. The highest BCUT2D eigenvalue weighted by Crippen LogP contribution is 2.40. The number of Topliss-reactive ketones (excluding diaryl/α,β-unsaturated/α-hetero) is 1. The monoisotopic (exact) mass is 400 g/mol. The van der Waals surface area contributed by atoms with Gasteiger partial charge in [0.2, 0.25) is 0 Å². The molecule has 0 saturated carbocycles. The van der Waals surface area contributed by atoms with Gasteiger partial charge >= 0.3 is 0 Å². The molecule has 1 amide bonds. The van der Waals surface area contributed by atoms with Crippen LogP contribution in [-0.4, -0.2) is 40.3 Å². The van der Waals surface area contributed by atoms with Crippen molar-refractivity contribution < 1.29 is 19.4 Å². The summed E-state index contributed by atoms with van der Waals surface area (Å²) in [7, 11) is 1.49. The van der Waals surface area contributed by atoms with Gasteiger partial charge in [-0.05, 0) is 42.3 Å². The Bertz CT molecular complexity index is 927. The number of rotatable bonds is 6. The predicted octanol–water partition coefficient (Wildman–Crippen LogP) is 3.97. The van der Waals surface area contributed by atoms with Gasteiger partial charge in [-0.2, -0.15) is 0 Å². The van der Waals surface area contributed by atoms with E-state index in [0.717, 1.165) is 12.8 Å². The first kappa shape index (κ1) is 19.9. The highest BCUT2D eigenvalue weighted by Gasteiger charge is 2.45. The number of amides is 1. The molecule has 2 aromatic rings. The van der Waals surface area contributed by atoms with Gasteiger partial charge in [0, 0.05) is 24.5 Å². The smallest absolute Gasteiger partial charge is 0.295 e. The summed E-state index contributed by atoms with van der Waals surface area (Å²) in [6.45, 7) is 2.44. The number of aliphatic hydroxyl groups excluding tert-OH is 1. The van der Waals surface area contributed by atoms with Crippen molar-refractivity contribution in [1.82, 2.24) is 9.88 Å². The number of carbonyl (C=O) groups is 2. The van der Waals surface area contributed by atoms with Crippen molar-refractivity contribution in [2.45, 2.75) is 25.8 Å². The van der Waals surface area contributed by atoms with E-state index in [1.54, 1.807) is 36.7 Å². The maximum Gasteiger partial charge on any atom is 0.295 e. The molecule has 1 saturated heterocycles. The van der Waals surface area contributed by atoms with Crippen LogP contribution < -0.4 is 4.74 Å². The van der Waals surface area contributed by atoms with Gasteiger partial charge in [-0.3, -0.25) is 14.6 Å². The van der Waals surface area contributed by atoms with E-state index in [1.807, 2.05) is 6.92 Å². The first-order chi connectivity index (χ1) is 13.5. The Hall–Kier alpha value is -2.86. The third-order valence-electron chi connectivity index (χ3n) is 4.74. The van der Waals surface area contributed by atoms with Crippen LogP contribution in [0.1, 0.15) is 36.9 Å². The number of nitrogens with zero attached hydrogens (tertiary/aromatic N) is 2. The van der Waals surface area contributed by atoms with E-state index >= 15 is 0 Å². The molecule has 28 heavy (non-hydrogen) atoms. The molecule has 0 spiro atoms. The molecule has 3 rings (SSSR count). The maximum atomic E-state index is 12.8. The number of benzene rings is 1. The predicted molar refractivity (Wildman–Crippen MR) is 106 cm³/mol. The second-order valence-electron chi connectivity index (χ2n) is 6.48. The number of hydrogen-bond donors (Lipinski definition) is 1. The fourth-order valence-corrected chi connectivity index (χ4v) is 3.56. The fraction of sp³-hybridized carbons (Fsp3) is 0.286. The molecule has 6 nitrogen and oxygen atoms in total. The zero-order valence-corrected chi connectivity index (χ0v) is 16.4. The average Bonchev–Trinajstić information content (AvgIpc) is 2.97. The number of likely N-dealkylation sites (tertiary alicyclic amines) is 1. The number of carbonyl (C=O) groups excluding carboxylic acids is 2. The lowest BCUT2D eigenvalue weighted by Crippen LogP contribution is -2.30. The Morgan fingerprint density at radius 2 is 1.96 bits per heavy atom. The van der Waals surface area contributed by atoms with Gasteiger partial charge in [0.05, 0.1) is 23.7 Å². The van der Waals surface area contributed by atoms with Gasteiger partial charge in [0.1, 0.15) is 11.5 Å². The molecule has 1 fully saturated rings. The Morgan fingerprint density at radius 3 is 2.57 bits per heavy atom. The summed E-state index contributed by atoms with van der Waals surface area (Å²) < 4.78 is 5.13. The number of ketones is 1. The van der Waals surface area contributed by atoms with Gasteiger partial charge < -0.3 is 14.7 Å². The molecule has 0 bridgehead atoms. The van der Waals surface area contributed by atoms with Crippen LogP contribution in [0, 0.1) is 0 Å². The Morgan fingerprint density at radius 1 is 1.25 bits per heavy atom. The molecule has 1 atom stereocenters. The summed E-state index contributed by atoms with van der Waals surface area (Å²) >= 11 is 6.17. The van der Waals surface area contributed by atoms with Crippen LogP contribution in [0.5, 0.6) is 5.75 Å². The van der Waals surface area contributed by atoms with Crippen molar-refractivity contribution in [1.29, 1.82) is 0 Å². The third kappa shape index (κ3) is 3.60. The van der Waals surface area contributed by atoms with Crippen LogP contribution >= 0.6 is 11.6 Å². The van der Waals surface area contributed by atoms with E-state index in [-0.39, 0.29) is 11.3 Å². The minimum atomic E-state index is -0.706. The Kier molecular flexibility index (Phi) is 5.99. The molecule has 146 valence electrons. The number of aromatic nitrogens is 1. The minimum absolute atomic E-state index is 0.0496. The van der Waals surface area contributed by atoms with Gasteiger partial charge in [0.15, 0.2) is 0 Å². The summed E-state index contributed by atoms with van der Waals surface area (Å²) in [4.78, 5) is 31.0. The maximum absolute atomic E-state index is 12.8. The molecule has 1 aliphatic heterocycles. The van der Waals surface area contributed by atoms with E-state index in [9.17, 15) is 14.7 Å². The van der Waals surface area contributed by atoms with Crippen LogP contribution in [-0.2, 0) is 9.59 Å². The van der Waals surface area contributed by atoms with Crippen molar-refractivity contribution in [3.05, 3.63) is 64.4 Å². The molecule has 0 aliphatic carbocycles. The Labute approximate surface area is 168 Å². The number of ether oxygens (including phenoxy) is 1. The summed E-state index contributed by atoms with van der Waals surface area (Å²) in [6, 6.07) is 7.52. The molecule has 0 radical (unpaired) electrons. The van der Waals surface area contributed by atoms with Crippen molar-refractivity contribution in [2.75, 3.05) is 13.7 Å². The van der Waals surface area contributed by atoms with Gasteiger partial charge in [-0.1, -0.05) is 24.9 Å². The summed E-state index contributed by atoms with van der Waals surface area (Å²) in [5, 5.41) is 11.2. The summed E-state index contributed by atoms with van der Waals surface area (Å²) in [5.41, 5.74) is 1.11. The van der Waals surface area contributed by atoms with E-state index in [2.05, 4.69) is 4.98 Å². The van der Waals surface area contributed by atoms with Gasteiger partial charge in [-0.25, -0.2) is 0 Å². The average molecular weight is 401 g/mol. The first-order valence-corrected chi connectivity index (χ1v) is 9.39. The van der Waals surface area contributed by atoms with Crippen molar-refractivity contribution in [3.63, 3.8) is 0 Å². The SMILES string of the molecule is CCCCN1C(=O)C(=O)/C(=C(\O)c2ccc(OC)c(Cl)c2)C1c1ccncc1. The van der Waals surface area contributed by atoms with Crippen LogP contribution in [0.15, 0.2) is 48.3 Å². The van der Waals surface area contributed by atoms with Crippen LogP contribution in [0.3, 0.4) is 0 Å². The normalized spacial score (nSPS) is 18.5. The van der Waals surface area contributed by atoms with E-state index in [0.29, 0.717) is 28.4 Å². The third-order valence-corrected chi connectivity index (χ3v) is 5.03. The molecule has 2 heterocycles. The summed E-state index contributed by atoms with van der Waals surface area (Å²) in [5.74, 6) is -1.13. The molecule has 1 aliphatic rings. The number of unbranched alkanes of at least 4 members (excludes halogenated alkanes) is 1. The number of aliphatic hydroxyl groups is 1. The second-order valence-corrected chi connectivity index (χ2v) is 6.88. The molecule has 1 unspecified atom stereocenters. The molecule has 1 N–H and O–H groups in total. The van der Waals surface area contributed by atoms with Crippen molar-refractivity contribution >= 4 is 29.1 Å². The van der Waals surface area contributed by atoms with Crippen LogP contribution in [0.2, 0.25) is 5.02 Å². The van der Waals surface area contributed by atoms with Crippen LogP contribution in [0.4, 0.5) is 0 Å². The molecular weight excluding hydrogens is 380 g/mol. The number of pyridine rings is 1. The van der Waals surface area contributed by atoms with Gasteiger partial charge in [0.25, 0.3) is 11.7 Å². The number of hydrogen-bond acceptors (Lipinski definition) is 5. The first-order valence-electron chi connectivity index (χ1n) is 9.01. The lowest BCUT2D eigenvalue weighted by Gasteiger charge is -2.25. The van der Waals surface area contributed by atoms with E-state index in [1.165, 1.54) is 18.1 Å². The zero-order valence-electron chi connectivity index (χ0n) is 15.7. The molecule has 1 aromatic carbocycles. The second kappa shape index (κ2) is 8.44. The quantitative estimate of drug-likeness (QED) is 0.451. The number of methoxy groups -OCH3 is 1. The highest BCUT2D eigenvalue weighted by molar-refractivity contribution is 6.46. The van der Waals surface area contributed by atoms with E-state index < -0.39 is 17.7 Å². The van der Waals surface area contributed by atoms with Crippen LogP contribution in [0.25, 0.3) is 5.76 Å². The van der Waals surface area contributed by atoms with Gasteiger partial charge in [-0.15, -0.1) is 0 Å². The van der Waals surface area contributed by atoms with E-state index in [4.69, 9.17) is 16.3 Å².